The van der Waals surface area contributed by atoms with E-state index in [2.05, 4.69) is 5.32 Å². The van der Waals surface area contributed by atoms with Crippen molar-refractivity contribution in [1.82, 2.24) is 10.2 Å². The number of methoxy groups -OCH3 is 1. The fourth-order valence-corrected chi connectivity index (χ4v) is 4.37. The van der Waals surface area contributed by atoms with Gasteiger partial charge in [0.15, 0.2) is 0 Å². The van der Waals surface area contributed by atoms with E-state index in [0.717, 1.165) is 27.8 Å². The third-order valence-corrected chi connectivity index (χ3v) is 6.59. The van der Waals surface area contributed by atoms with Gasteiger partial charge in [-0.25, -0.2) is 8.42 Å². The third-order valence-electron chi connectivity index (χ3n) is 5.46. The summed E-state index contributed by atoms with van der Waals surface area (Å²) < 4.78 is 31.5. The Kier molecular flexibility index (Phi) is 9.26. The summed E-state index contributed by atoms with van der Waals surface area (Å²) in [5, 5.41) is 14.2. The molecular formula is C25H34N4O7S. The van der Waals surface area contributed by atoms with Gasteiger partial charge in [0.1, 0.15) is 24.0 Å². The zero-order valence-electron chi connectivity index (χ0n) is 22.1. The molecule has 0 aliphatic carbocycles. The van der Waals surface area contributed by atoms with Crippen molar-refractivity contribution in [3.8, 4) is 5.75 Å². The molecule has 11 nitrogen and oxygen atoms in total. The van der Waals surface area contributed by atoms with Crippen molar-refractivity contribution in [3.63, 3.8) is 0 Å². The van der Waals surface area contributed by atoms with Crippen LogP contribution in [-0.4, -0.2) is 61.5 Å². The number of hydrogen-bond donors (Lipinski definition) is 1. The largest absolute Gasteiger partial charge is 0.495 e. The molecule has 1 N–H and O–H groups in total. The Balaban J connectivity index is 2.52. The number of ether oxygens (including phenoxy) is 1. The second-order valence-corrected chi connectivity index (χ2v) is 11.7. The molecule has 2 aromatic carbocycles. The molecule has 0 fully saturated rings. The number of rotatable bonds is 10. The molecule has 0 aromatic heterocycles. The molecule has 1 atom stereocenters. The lowest BCUT2D eigenvalue weighted by Crippen LogP contribution is -2.54. The van der Waals surface area contributed by atoms with Crippen molar-refractivity contribution < 1.29 is 27.7 Å². The Bertz CT molecular complexity index is 1250. The number of nitrogens with one attached hydrogen (secondary N) is 1. The summed E-state index contributed by atoms with van der Waals surface area (Å²) in [7, 11) is -2.80. The van der Waals surface area contributed by atoms with E-state index >= 15 is 0 Å². The maximum Gasteiger partial charge on any atom is 0.271 e. The number of benzene rings is 2. The van der Waals surface area contributed by atoms with Crippen LogP contribution in [0, 0.1) is 17.0 Å². The van der Waals surface area contributed by atoms with E-state index in [-0.39, 0.29) is 23.7 Å². The standard InChI is InChI=1S/C25H34N4O7S/c1-17-8-10-19(11-9-17)15-27(18(2)24(31)26-25(3,4)5)23(30)16-28(37(7,34)35)21-14-20(29(32)33)12-13-22(21)36-6/h8-14,18H,15-16H2,1-7H3,(H,26,31)/t18-/m1/s1. The third kappa shape index (κ3) is 8.17. The minimum atomic E-state index is -4.09. The first-order valence-electron chi connectivity index (χ1n) is 11.5. The van der Waals surface area contributed by atoms with Crippen LogP contribution < -0.4 is 14.4 Å². The fraction of sp³-hybridized carbons (Fsp3) is 0.440. The van der Waals surface area contributed by atoms with Crippen LogP contribution in [0.5, 0.6) is 5.75 Å². The number of nitrogens with zero attached hydrogens (tertiary/aromatic N) is 3. The first kappa shape index (κ1) is 29.6. The van der Waals surface area contributed by atoms with Gasteiger partial charge in [-0.2, -0.15) is 0 Å². The number of nitro groups is 1. The van der Waals surface area contributed by atoms with Gasteiger partial charge in [0.2, 0.25) is 21.8 Å². The highest BCUT2D eigenvalue weighted by molar-refractivity contribution is 7.92. The highest BCUT2D eigenvalue weighted by Crippen LogP contribution is 2.34. The van der Waals surface area contributed by atoms with Crippen LogP contribution in [0.2, 0.25) is 0 Å². The van der Waals surface area contributed by atoms with Crippen LogP contribution in [-0.2, 0) is 26.2 Å². The van der Waals surface area contributed by atoms with Crippen molar-refractivity contribution in [1.29, 1.82) is 0 Å². The quantitative estimate of drug-likeness (QED) is 0.365. The Morgan fingerprint density at radius 2 is 1.73 bits per heavy atom. The number of non-ortho nitro benzene ring substituents is 1. The summed E-state index contributed by atoms with van der Waals surface area (Å²) >= 11 is 0. The lowest BCUT2D eigenvalue weighted by Gasteiger charge is -2.33. The molecule has 0 radical (unpaired) electrons. The average molecular weight is 535 g/mol. The molecular weight excluding hydrogens is 500 g/mol. The van der Waals surface area contributed by atoms with E-state index in [9.17, 15) is 28.1 Å². The molecule has 2 amide bonds. The number of nitro benzene ring substituents is 1. The minimum Gasteiger partial charge on any atom is -0.495 e. The number of anilines is 1. The van der Waals surface area contributed by atoms with Crippen molar-refractivity contribution >= 4 is 33.2 Å². The molecule has 37 heavy (non-hydrogen) atoms. The topological polar surface area (TPSA) is 139 Å². The predicted octanol–water partition coefficient (Wildman–Crippen LogP) is 3.01. The fourth-order valence-electron chi connectivity index (χ4n) is 3.53. The summed E-state index contributed by atoms with van der Waals surface area (Å²) in [6.07, 6.45) is 0.888. The Labute approximate surface area is 217 Å². The van der Waals surface area contributed by atoms with Gasteiger partial charge in [0, 0.05) is 24.2 Å². The van der Waals surface area contributed by atoms with E-state index in [1.807, 2.05) is 52.0 Å². The Morgan fingerprint density at radius 3 is 2.22 bits per heavy atom. The Hall–Kier alpha value is -3.67. The van der Waals surface area contributed by atoms with Gasteiger partial charge in [-0.3, -0.25) is 24.0 Å². The molecule has 0 saturated carbocycles. The van der Waals surface area contributed by atoms with Crippen LogP contribution in [0.1, 0.15) is 38.8 Å². The van der Waals surface area contributed by atoms with Gasteiger partial charge in [-0.1, -0.05) is 29.8 Å². The Morgan fingerprint density at radius 1 is 1.14 bits per heavy atom. The molecule has 0 aliphatic rings. The molecule has 202 valence electrons. The van der Waals surface area contributed by atoms with E-state index in [4.69, 9.17) is 4.74 Å². The van der Waals surface area contributed by atoms with Crippen LogP contribution in [0.15, 0.2) is 42.5 Å². The van der Waals surface area contributed by atoms with Crippen molar-refractivity contribution in [3.05, 3.63) is 63.7 Å². The van der Waals surface area contributed by atoms with E-state index in [1.54, 1.807) is 6.92 Å². The molecule has 2 rings (SSSR count). The molecule has 2 aromatic rings. The highest BCUT2D eigenvalue weighted by atomic mass is 32.2. The first-order chi connectivity index (χ1) is 17.0. The summed E-state index contributed by atoms with van der Waals surface area (Å²) in [5.41, 5.74) is 0.675. The number of sulfonamides is 1. The van der Waals surface area contributed by atoms with Crippen LogP contribution >= 0.6 is 0 Å². The van der Waals surface area contributed by atoms with E-state index in [1.165, 1.54) is 24.1 Å². The van der Waals surface area contributed by atoms with Crippen molar-refractivity contribution in [2.75, 3.05) is 24.2 Å². The smallest absolute Gasteiger partial charge is 0.271 e. The molecule has 0 spiro atoms. The monoisotopic (exact) mass is 534 g/mol. The van der Waals surface area contributed by atoms with Crippen LogP contribution in [0.4, 0.5) is 11.4 Å². The minimum absolute atomic E-state index is 0.0347. The SMILES string of the molecule is COc1ccc([N+](=O)[O-])cc1N(CC(=O)N(Cc1ccc(C)cc1)[C@H](C)C(=O)NC(C)(C)C)S(C)(=O)=O. The molecule has 0 aliphatic heterocycles. The summed E-state index contributed by atoms with van der Waals surface area (Å²) in [5.74, 6) is -1.05. The van der Waals surface area contributed by atoms with Gasteiger partial charge in [-0.05, 0) is 46.2 Å². The van der Waals surface area contributed by atoms with E-state index in [0.29, 0.717) is 0 Å². The van der Waals surface area contributed by atoms with Gasteiger partial charge in [-0.15, -0.1) is 0 Å². The van der Waals surface area contributed by atoms with Gasteiger partial charge in [0.25, 0.3) is 5.69 Å². The molecule has 0 unspecified atom stereocenters. The normalized spacial score (nSPS) is 12.4. The van der Waals surface area contributed by atoms with Crippen molar-refractivity contribution in [2.24, 2.45) is 0 Å². The summed E-state index contributed by atoms with van der Waals surface area (Å²) in [6.45, 7) is 8.25. The number of aryl methyl sites for hydroxylation is 1. The molecule has 12 heteroatoms. The van der Waals surface area contributed by atoms with Gasteiger partial charge < -0.3 is 15.0 Å². The second-order valence-electron chi connectivity index (χ2n) is 9.81. The summed E-state index contributed by atoms with van der Waals surface area (Å²) in [6, 6.07) is 9.91. The lowest BCUT2D eigenvalue weighted by molar-refractivity contribution is -0.384. The van der Waals surface area contributed by atoms with Gasteiger partial charge in [0.05, 0.1) is 18.3 Å². The molecule has 0 heterocycles. The summed E-state index contributed by atoms with van der Waals surface area (Å²) in [4.78, 5) is 38.6. The van der Waals surface area contributed by atoms with Crippen LogP contribution in [0.3, 0.4) is 0 Å². The molecule has 0 saturated heterocycles. The number of hydrogen-bond acceptors (Lipinski definition) is 7. The molecule has 0 bridgehead atoms. The zero-order chi connectivity index (χ0) is 28.1. The first-order valence-corrected chi connectivity index (χ1v) is 13.4. The predicted molar refractivity (Wildman–Crippen MR) is 141 cm³/mol. The van der Waals surface area contributed by atoms with Crippen LogP contribution in [0.25, 0.3) is 0 Å². The number of amides is 2. The van der Waals surface area contributed by atoms with Gasteiger partial charge >= 0.3 is 0 Å². The number of carbonyl (C=O) groups excluding carboxylic acids is 2. The maximum absolute atomic E-state index is 13.6. The van der Waals surface area contributed by atoms with E-state index < -0.39 is 44.9 Å². The van der Waals surface area contributed by atoms with Crippen molar-refractivity contribution in [2.45, 2.75) is 52.7 Å². The highest BCUT2D eigenvalue weighted by Gasteiger charge is 2.32. The number of carbonyl (C=O) groups is 2. The lowest BCUT2D eigenvalue weighted by atomic mass is 10.1. The maximum atomic E-state index is 13.6. The second kappa shape index (κ2) is 11.6. The zero-order valence-corrected chi connectivity index (χ0v) is 23.0. The average Bonchev–Trinajstić information content (AvgIpc) is 2.79.